The van der Waals surface area contributed by atoms with Crippen LogP contribution in [0.3, 0.4) is 0 Å². The Bertz CT molecular complexity index is 786. The second-order valence-electron chi connectivity index (χ2n) is 6.17. The number of ether oxygens (including phenoxy) is 1. The highest BCUT2D eigenvalue weighted by Crippen LogP contribution is 2.17. The van der Waals surface area contributed by atoms with Gasteiger partial charge in [0.25, 0.3) is 11.8 Å². The molecule has 0 unspecified atom stereocenters. The van der Waals surface area contributed by atoms with Gasteiger partial charge in [-0.2, -0.15) is 13.9 Å². The molecule has 0 aliphatic carbocycles. The monoisotopic (exact) mass is 378 g/mol. The highest BCUT2D eigenvalue weighted by molar-refractivity contribution is 6.02. The normalized spacial score (nSPS) is 14.3. The van der Waals surface area contributed by atoms with Crippen LogP contribution in [-0.2, 0) is 4.79 Å². The van der Waals surface area contributed by atoms with Gasteiger partial charge in [0.15, 0.2) is 12.3 Å². The number of piperidine rings is 1. The van der Waals surface area contributed by atoms with E-state index in [1.807, 2.05) is 0 Å². The quantitative estimate of drug-likeness (QED) is 0.839. The predicted octanol–water partition coefficient (Wildman–Crippen LogP) is 2.92. The summed E-state index contributed by atoms with van der Waals surface area (Å²) in [7, 11) is 0. The molecule has 1 saturated heterocycles. The van der Waals surface area contributed by atoms with Crippen molar-refractivity contribution in [2.45, 2.75) is 25.8 Å². The molecule has 1 fully saturated rings. The van der Waals surface area contributed by atoms with Crippen LogP contribution in [0.4, 0.5) is 14.5 Å². The van der Waals surface area contributed by atoms with Gasteiger partial charge in [0.1, 0.15) is 5.75 Å². The Labute approximate surface area is 154 Å². The Morgan fingerprint density at radius 3 is 2.44 bits per heavy atom. The van der Waals surface area contributed by atoms with E-state index >= 15 is 0 Å². The first kappa shape index (κ1) is 18.8. The van der Waals surface area contributed by atoms with Gasteiger partial charge in [-0.25, -0.2) is 4.68 Å². The molecule has 2 heterocycles. The van der Waals surface area contributed by atoms with Crippen LogP contribution >= 0.6 is 0 Å². The molecule has 1 aliphatic heterocycles. The highest BCUT2D eigenvalue weighted by Gasteiger charge is 2.17. The zero-order chi connectivity index (χ0) is 19.2. The maximum Gasteiger partial charge on any atom is 0.333 e. The minimum Gasteiger partial charge on any atom is -0.484 e. The van der Waals surface area contributed by atoms with Crippen LogP contribution in [0, 0.1) is 0 Å². The lowest BCUT2D eigenvalue weighted by Gasteiger charge is -2.26. The topological polar surface area (TPSA) is 76.5 Å². The Hall–Kier alpha value is -2.97. The van der Waals surface area contributed by atoms with Gasteiger partial charge in [-0.05, 0) is 49.6 Å². The third kappa shape index (κ3) is 5.02. The van der Waals surface area contributed by atoms with E-state index in [4.69, 9.17) is 4.74 Å². The number of rotatable bonds is 6. The van der Waals surface area contributed by atoms with Crippen LogP contribution in [0.5, 0.6) is 5.75 Å². The van der Waals surface area contributed by atoms with Crippen molar-refractivity contribution in [3.05, 3.63) is 42.2 Å². The molecule has 9 heteroatoms. The zero-order valence-electron chi connectivity index (χ0n) is 14.6. The number of amides is 2. The van der Waals surface area contributed by atoms with Gasteiger partial charge in [-0.1, -0.05) is 0 Å². The maximum absolute atomic E-state index is 12.5. The lowest BCUT2D eigenvalue weighted by Crippen LogP contribution is -2.38. The van der Waals surface area contributed by atoms with Crippen molar-refractivity contribution in [3.63, 3.8) is 0 Å². The number of benzene rings is 1. The van der Waals surface area contributed by atoms with Crippen molar-refractivity contribution < 1.29 is 23.1 Å². The zero-order valence-corrected chi connectivity index (χ0v) is 14.6. The van der Waals surface area contributed by atoms with Crippen LogP contribution in [0.1, 0.15) is 36.3 Å². The smallest absolute Gasteiger partial charge is 0.333 e. The van der Waals surface area contributed by atoms with E-state index in [0.717, 1.165) is 38.5 Å². The van der Waals surface area contributed by atoms with Gasteiger partial charge < -0.3 is 15.0 Å². The van der Waals surface area contributed by atoms with Crippen molar-refractivity contribution in [1.82, 2.24) is 14.7 Å². The molecule has 1 aromatic heterocycles. The van der Waals surface area contributed by atoms with Gasteiger partial charge in [-0.15, -0.1) is 0 Å². The number of aromatic nitrogens is 2. The number of hydrogen-bond acceptors (Lipinski definition) is 4. The van der Waals surface area contributed by atoms with Gasteiger partial charge in [0.05, 0.1) is 0 Å². The number of halogens is 2. The van der Waals surface area contributed by atoms with Crippen LogP contribution < -0.4 is 10.1 Å². The Morgan fingerprint density at radius 2 is 1.81 bits per heavy atom. The fourth-order valence-electron chi connectivity index (χ4n) is 2.78. The van der Waals surface area contributed by atoms with E-state index in [1.54, 1.807) is 29.2 Å². The molecule has 144 valence electrons. The molecular weight excluding hydrogens is 358 g/mol. The molecule has 2 aromatic rings. The number of carbonyl (C=O) groups is 2. The molecule has 0 spiro atoms. The average Bonchev–Trinajstić information content (AvgIpc) is 3.19. The summed E-state index contributed by atoms with van der Waals surface area (Å²) in [6.07, 6.45) is 4.24. The van der Waals surface area contributed by atoms with Crippen LogP contribution in [-0.4, -0.2) is 46.2 Å². The number of hydrogen-bond donors (Lipinski definition) is 1. The summed E-state index contributed by atoms with van der Waals surface area (Å²) in [6.45, 7) is -1.28. The summed E-state index contributed by atoms with van der Waals surface area (Å²) < 4.78 is 30.9. The number of nitrogens with one attached hydrogen (secondary N) is 1. The molecule has 0 atom stereocenters. The summed E-state index contributed by atoms with van der Waals surface area (Å²) in [5, 5.41) is 6.07. The summed E-state index contributed by atoms with van der Waals surface area (Å²) in [6, 6.07) is 7.66. The van der Waals surface area contributed by atoms with Gasteiger partial charge in [0.2, 0.25) is 0 Å². The van der Waals surface area contributed by atoms with E-state index in [2.05, 4.69) is 10.4 Å². The van der Waals surface area contributed by atoms with Crippen molar-refractivity contribution in [2.24, 2.45) is 0 Å². The van der Waals surface area contributed by atoms with Crippen molar-refractivity contribution >= 4 is 17.5 Å². The lowest BCUT2D eigenvalue weighted by molar-refractivity contribution is -0.134. The standard InChI is InChI=1S/C18H20F2N4O3/c19-18(20)24-11-8-15(22-24)17(26)21-13-4-6-14(7-5-13)27-12-16(25)23-9-2-1-3-10-23/h4-8,11,18H,1-3,9-10,12H2,(H,21,26). The minimum absolute atomic E-state index is 0.0310. The van der Waals surface area contributed by atoms with E-state index in [-0.39, 0.29) is 18.2 Å². The number of anilines is 1. The van der Waals surface area contributed by atoms with Gasteiger partial charge in [0, 0.05) is 25.0 Å². The van der Waals surface area contributed by atoms with E-state index < -0.39 is 12.5 Å². The van der Waals surface area contributed by atoms with Crippen molar-refractivity contribution in [1.29, 1.82) is 0 Å². The molecule has 3 rings (SSSR count). The molecule has 0 radical (unpaired) electrons. The van der Waals surface area contributed by atoms with Crippen molar-refractivity contribution in [3.8, 4) is 5.75 Å². The summed E-state index contributed by atoms with van der Waals surface area (Å²) in [5.41, 5.74) is 0.351. The second kappa shape index (κ2) is 8.61. The fourth-order valence-corrected chi connectivity index (χ4v) is 2.78. The number of alkyl halides is 2. The molecule has 1 aromatic carbocycles. The third-order valence-electron chi connectivity index (χ3n) is 4.22. The molecule has 1 N–H and O–H groups in total. The van der Waals surface area contributed by atoms with Gasteiger partial charge in [-0.3, -0.25) is 9.59 Å². The SMILES string of the molecule is O=C(Nc1ccc(OCC(=O)N2CCCCC2)cc1)c1ccn(C(F)F)n1. The molecule has 0 saturated carbocycles. The molecular formula is C18H20F2N4O3. The first-order valence-electron chi connectivity index (χ1n) is 8.68. The average molecular weight is 378 g/mol. The van der Waals surface area contributed by atoms with E-state index in [9.17, 15) is 18.4 Å². The number of nitrogens with zero attached hydrogens (tertiary/aromatic N) is 3. The maximum atomic E-state index is 12.5. The van der Waals surface area contributed by atoms with Crippen molar-refractivity contribution in [2.75, 3.05) is 25.0 Å². The third-order valence-corrected chi connectivity index (χ3v) is 4.22. The van der Waals surface area contributed by atoms with E-state index in [0.29, 0.717) is 16.1 Å². The van der Waals surface area contributed by atoms with Crippen LogP contribution in [0.25, 0.3) is 0 Å². The first-order valence-corrected chi connectivity index (χ1v) is 8.68. The summed E-state index contributed by atoms with van der Waals surface area (Å²) in [4.78, 5) is 25.9. The Morgan fingerprint density at radius 1 is 1.11 bits per heavy atom. The molecule has 2 amide bonds. The second-order valence-corrected chi connectivity index (χ2v) is 6.17. The molecule has 7 nitrogen and oxygen atoms in total. The minimum atomic E-state index is -2.80. The van der Waals surface area contributed by atoms with E-state index in [1.165, 1.54) is 6.07 Å². The van der Waals surface area contributed by atoms with Gasteiger partial charge >= 0.3 is 6.55 Å². The number of likely N-dealkylation sites (tertiary alicyclic amines) is 1. The summed E-state index contributed by atoms with van der Waals surface area (Å²) >= 11 is 0. The Kier molecular flexibility index (Phi) is 6.00. The lowest BCUT2D eigenvalue weighted by atomic mass is 10.1. The van der Waals surface area contributed by atoms with Crippen LogP contribution in [0.2, 0.25) is 0 Å². The molecule has 0 bridgehead atoms. The largest absolute Gasteiger partial charge is 0.484 e. The number of carbonyl (C=O) groups excluding carboxylic acids is 2. The molecule has 27 heavy (non-hydrogen) atoms. The predicted molar refractivity (Wildman–Crippen MR) is 93.8 cm³/mol. The Balaban J connectivity index is 1.50. The summed E-state index contributed by atoms with van der Waals surface area (Å²) in [5.74, 6) is -0.134. The van der Waals surface area contributed by atoms with Crippen LogP contribution in [0.15, 0.2) is 36.5 Å². The first-order chi connectivity index (χ1) is 13.0. The fraction of sp³-hybridized carbons (Fsp3) is 0.389. The highest BCUT2D eigenvalue weighted by atomic mass is 19.3. The molecule has 1 aliphatic rings.